The predicted octanol–water partition coefficient (Wildman–Crippen LogP) is 2.36. The Morgan fingerprint density at radius 1 is 1.21 bits per heavy atom. The van der Waals surface area contributed by atoms with E-state index in [1.54, 1.807) is 0 Å². The maximum Gasteiger partial charge on any atom is 0.324 e. The van der Waals surface area contributed by atoms with Gasteiger partial charge in [0.25, 0.3) is 0 Å². The molecule has 0 heterocycles. The molecular formula is C11H23NO2. The molecule has 0 saturated heterocycles. The van der Waals surface area contributed by atoms with E-state index in [-0.39, 0.29) is 0 Å². The Kier molecular flexibility index (Phi) is 5.77. The Hall–Kier alpha value is -0.570. The Morgan fingerprint density at radius 2 is 1.71 bits per heavy atom. The normalized spacial score (nSPS) is 12.1. The molecule has 0 radical (unpaired) electrons. The van der Waals surface area contributed by atoms with Crippen molar-refractivity contribution in [2.75, 3.05) is 13.1 Å². The van der Waals surface area contributed by atoms with Crippen molar-refractivity contribution in [3.8, 4) is 0 Å². The first kappa shape index (κ1) is 13.4. The van der Waals surface area contributed by atoms with E-state index in [1.807, 2.05) is 20.8 Å². The summed E-state index contributed by atoms with van der Waals surface area (Å²) in [6, 6.07) is 0. The summed E-state index contributed by atoms with van der Waals surface area (Å²) in [4.78, 5) is 13.4. The Labute approximate surface area is 87.1 Å². The lowest BCUT2D eigenvalue weighted by Gasteiger charge is -2.38. The second-order valence-electron chi connectivity index (χ2n) is 3.62. The molecule has 0 aliphatic heterocycles. The largest absolute Gasteiger partial charge is 0.480 e. The summed E-state index contributed by atoms with van der Waals surface area (Å²) < 4.78 is 0. The van der Waals surface area contributed by atoms with Gasteiger partial charge in [-0.1, -0.05) is 27.7 Å². The quantitative estimate of drug-likeness (QED) is 0.687. The summed E-state index contributed by atoms with van der Waals surface area (Å²) in [5.41, 5.74) is -0.648. The van der Waals surface area contributed by atoms with E-state index < -0.39 is 11.5 Å². The van der Waals surface area contributed by atoms with Gasteiger partial charge < -0.3 is 5.11 Å². The molecule has 0 fully saturated rings. The summed E-state index contributed by atoms with van der Waals surface area (Å²) in [6.45, 7) is 9.69. The number of hydrogen-bond donors (Lipinski definition) is 1. The fourth-order valence-electron chi connectivity index (χ4n) is 2.08. The highest BCUT2D eigenvalue weighted by atomic mass is 16.4. The van der Waals surface area contributed by atoms with E-state index in [1.165, 1.54) is 0 Å². The summed E-state index contributed by atoms with van der Waals surface area (Å²) in [5.74, 6) is -0.683. The first-order chi connectivity index (χ1) is 6.58. The first-order valence-electron chi connectivity index (χ1n) is 5.57. The smallest absolute Gasteiger partial charge is 0.324 e. The molecule has 14 heavy (non-hydrogen) atoms. The van der Waals surface area contributed by atoms with Crippen LogP contribution in [-0.4, -0.2) is 34.6 Å². The lowest BCUT2D eigenvalue weighted by molar-refractivity contribution is -0.152. The molecule has 0 atom stereocenters. The average Bonchev–Trinajstić information content (AvgIpc) is 2.18. The zero-order chi connectivity index (χ0) is 11.2. The van der Waals surface area contributed by atoms with Crippen LogP contribution in [0.5, 0.6) is 0 Å². The Balaban J connectivity index is 4.82. The topological polar surface area (TPSA) is 40.5 Å². The molecule has 0 bridgehead atoms. The standard InChI is InChI=1S/C11H23NO2/c1-5-9-12(8-4)11(6-2,7-3)10(13)14/h5-9H2,1-4H3,(H,13,14). The minimum absolute atomic E-state index is 0.648. The van der Waals surface area contributed by atoms with Crippen LogP contribution in [-0.2, 0) is 4.79 Å². The van der Waals surface area contributed by atoms with Crippen LogP contribution in [0.2, 0.25) is 0 Å². The molecule has 0 aliphatic carbocycles. The summed E-state index contributed by atoms with van der Waals surface area (Å²) in [5, 5.41) is 9.31. The number of aliphatic carboxylic acids is 1. The third-order valence-corrected chi connectivity index (χ3v) is 3.05. The van der Waals surface area contributed by atoms with Gasteiger partial charge in [0.2, 0.25) is 0 Å². The van der Waals surface area contributed by atoms with Crippen LogP contribution in [0.25, 0.3) is 0 Å². The molecule has 0 aliphatic rings. The van der Waals surface area contributed by atoms with Gasteiger partial charge in [0.15, 0.2) is 0 Å². The fraction of sp³-hybridized carbons (Fsp3) is 0.909. The molecule has 0 saturated carbocycles. The van der Waals surface area contributed by atoms with Crippen LogP contribution in [0.4, 0.5) is 0 Å². The number of carbonyl (C=O) groups is 1. The van der Waals surface area contributed by atoms with Gasteiger partial charge in [0.05, 0.1) is 0 Å². The summed E-state index contributed by atoms with van der Waals surface area (Å²) >= 11 is 0. The van der Waals surface area contributed by atoms with Crippen LogP contribution in [0, 0.1) is 0 Å². The second kappa shape index (κ2) is 6.02. The number of rotatable bonds is 7. The third-order valence-electron chi connectivity index (χ3n) is 3.05. The van der Waals surface area contributed by atoms with Gasteiger partial charge in [0, 0.05) is 0 Å². The number of likely N-dealkylation sites (N-methyl/N-ethyl adjacent to an activating group) is 1. The SMILES string of the molecule is CCCN(CC)C(CC)(CC)C(=O)O. The number of hydrogen-bond acceptors (Lipinski definition) is 2. The third kappa shape index (κ3) is 2.47. The zero-order valence-corrected chi connectivity index (χ0v) is 9.84. The van der Waals surface area contributed by atoms with Gasteiger partial charge in [-0.15, -0.1) is 0 Å². The molecule has 3 heteroatoms. The number of carboxylic acids is 1. The highest BCUT2D eigenvalue weighted by Crippen LogP contribution is 2.24. The molecule has 84 valence electrons. The van der Waals surface area contributed by atoms with Crippen LogP contribution in [0.3, 0.4) is 0 Å². The van der Waals surface area contributed by atoms with Gasteiger partial charge in [0.1, 0.15) is 5.54 Å². The van der Waals surface area contributed by atoms with Gasteiger partial charge in [-0.05, 0) is 32.4 Å². The maximum absolute atomic E-state index is 11.3. The Bertz CT molecular complexity index is 176. The highest BCUT2D eigenvalue weighted by molar-refractivity contribution is 5.78. The summed E-state index contributed by atoms with van der Waals surface area (Å²) in [6.07, 6.45) is 2.35. The maximum atomic E-state index is 11.3. The minimum Gasteiger partial charge on any atom is -0.480 e. The zero-order valence-electron chi connectivity index (χ0n) is 9.84. The van der Waals surface area contributed by atoms with Gasteiger partial charge in [-0.25, -0.2) is 0 Å². The molecule has 0 unspecified atom stereocenters. The molecule has 0 rings (SSSR count). The molecule has 0 amide bonds. The average molecular weight is 201 g/mol. The van der Waals surface area contributed by atoms with Crippen molar-refractivity contribution in [2.24, 2.45) is 0 Å². The van der Waals surface area contributed by atoms with Gasteiger partial charge in [-0.2, -0.15) is 0 Å². The summed E-state index contributed by atoms with van der Waals surface area (Å²) in [7, 11) is 0. The fourth-order valence-corrected chi connectivity index (χ4v) is 2.08. The van der Waals surface area contributed by atoms with Crippen molar-refractivity contribution in [3.05, 3.63) is 0 Å². The number of nitrogens with zero attached hydrogens (tertiary/aromatic N) is 1. The second-order valence-corrected chi connectivity index (χ2v) is 3.62. The monoisotopic (exact) mass is 201 g/mol. The van der Waals surface area contributed by atoms with Crippen LogP contribution in [0.1, 0.15) is 47.0 Å². The van der Waals surface area contributed by atoms with Crippen molar-refractivity contribution in [1.82, 2.24) is 4.90 Å². The van der Waals surface area contributed by atoms with Crippen molar-refractivity contribution < 1.29 is 9.90 Å². The first-order valence-corrected chi connectivity index (χ1v) is 5.57. The van der Waals surface area contributed by atoms with E-state index in [2.05, 4.69) is 11.8 Å². The lowest BCUT2D eigenvalue weighted by Crippen LogP contribution is -2.54. The Morgan fingerprint density at radius 3 is 1.93 bits per heavy atom. The van der Waals surface area contributed by atoms with E-state index in [9.17, 15) is 9.90 Å². The van der Waals surface area contributed by atoms with E-state index in [0.717, 1.165) is 19.5 Å². The lowest BCUT2D eigenvalue weighted by atomic mass is 9.90. The van der Waals surface area contributed by atoms with Crippen LogP contribution >= 0.6 is 0 Å². The van der Waals surface area contributed by atoms with Gasteiger partial charge in [-0.3, -0.25) is 9.69 Å². The van der Waals surface area contributed by atoms with Crippen LogP contribution < -0.4 is 0 Å². The van der Waals surface area contributed by atoms with Gasteiger partial charge >= 0.3 is 5.97 Å². The molecular weight excluding hydrogens is 178 g/mol. The van der Waals surface area contributed by atoms with Crippen molar-refractivity contribution in [3.63, 3.8) is 0 Å². The van der Waals surface area contributed by atoms with E-state index in [0.29, 0.717) is 12.8 Å². The number of carboxylic acid groups (broad SMARTS) is 1. The van der Waals surface area contributed by atoms with Crippen molar-refractivity contribution in [1.29, 1.82) is 0 Å². The predicted molar refractivity (Wildman–Crippen MR) is 58.5 cm³/mol. The minimum atomic E-state index is -0.683. The van der Waals surface area contributed by atoms with Crippen LogP contribution in [0.15, 0.2) is 0 Å². The molecule has 0 aromatic heterocycles. The van der Waals surface area contributed by atoms with E-state index >= 15 is 0 Å². The molecule has 0 aromatic rings. The molecule has 0 spiro atoms. The van der Waals surface area contributed by atoms with E-state index in [4.69, 9.17) is 0 Å². The molecule has 1 N–H and O–H groups in total. The van der Waals surface area contributed by atoms with Crippen molar-refractivity contribution >= 4 is 5.97 Å². The van der Waals surface area contributed by atoms with Crippen molar-refractivity contribution in [2.45, 2.75) is 52.5 Å². The molecule has 0 aromatic carbocycles. The molecule has 3 nitrogen and oxygen atoms in total. The highest BCUT2D eigenvalue weighted by Gasteiger charge is 2.39.